The molecular formula is C20H24N4O. The SMILES string of the molecule is CC(C)(C)c1cnc2[nH]cc(Cc3cc(N)ncc3OC3CC3)c2c1. The number of rotatable bonds is 4. The number of hydrogen-bond donors (Lipinski definition) is 2. The molecule has 25 heavy (non-hydrogen) atoms. The zero-order valence-electron chi connectivity index (χ0n) is 15.0. The Hall–Kier alpha value is -2.56. The van der Waals surface area contributed by atoms with Crippen molar-refractivity contribution in [1.82, 2.24) is 15.0 Å². The highest BCUT2D eigenvalue weighted by atomic mass is 16.5. The fourth-order valence-electron chi connectivity index (χ4n) is 2.93. The van der Waals surface area contributed by atoms with Gasteiger partial charge in [-0.3, -0.25) is 0 Å². The van der Waals surface area contributed by atoms with E-state index in [1.165, 1.54) is 11.1 Å². The summed E-state index contributed by atoms with van der Waals surface area (Å²) >= 11 is 0. The summed E-state index contributed by atoms with van der Waals surface area (Å²) in [6, 6.07) is 4.15. The highest BCUT2D eigenvalue weighted by Gasteiger charge is 2.25. The molecule has 5 nitrogen and oxygen atoms in total. The van der Waals surface area contributed by atoms with Gasteiger partial charge in [-0.25, -0.2) is 9.97 Å². The zero-order valence-corrected chi connectivity index (χ0v) is 15.0. The molecule has 0 radical (unpaired) electrons. The van der Waals surface area contributed by atoms with Gasteiger partial charge in [0.25, 0.3) is 0 Å². The largest absolute Gasteiger partial charge is 0.489 e. The highest BCUT2D eigenvalue weighted by Crippen LogP contribution is 2.32. The average molecular weight is 336 g/mol. The number of ether oxygens (including phenoxy) is 1. The lowest BCUT2D eigenvalue weighted by Crippen LogP contribution is -2.11. The van der Waals surface area contributed by atoms with Gasteiger partial charge in [0, 0.05) is 29.8 Å². The molecule has 0 saturated heterocycles. The number of pyridine rings is 2. The molecule has 3 aromatic rings. The Morgan fingerprint density at radius 2 is 1.96 bits per heavy atom. The van der Waals surface area contributed by atoms with Crippen LogP contribution < -0.4 is 10.5 Å². The van der Waals surface area contributed by atoms with Crippen LogP contribution in [0.3, 0.4) is 0 Å². The second kappa shape index (κ2) is 5.76. The van der Waals surface area contributed by atoms with E-state index in [-0.39, 0.29) is 5.41 Å². The number of hydrogen-bond acceptors (Lipinski definition) is 4. The first-order valence-corrected chi connectivity index (χ1v) is 8.78. The Kier molecular flexibility index (Phi) is 3.67. The van der Waals surface area contributed by atoms with Gasteiger partial charge >= 0.3 is 0 Å². The summed E-state index contributed by atoms with van der Waals surface area (Å²) < 4.78 is 6.01. The van der Waals surface area contributed by atoms with Crippen molar-refractivity contribution in [3.63, 3.8) is 0 Å². The van der Waals surface area contributed by atoms with Crippen LogP contribution in [-0.4, -0.2) is 21.1 Å². The van der Waals surface area contributed by atoms with Crippen LogP contribution in [0.2, 0.25) is 0 Å². The summed E-state index contributed by atoms with van der Waals surface area (Å²) in [4.78, 5) is 12.1. The summed E-state index contributed by atoms with van der Waals surface area (Å²) in [7, 11) is 0. The molecule has 3 aromatic heterocycles. The molecule has 3 heterocycles. The monoisotopic (exact) mass is 336 g/mol. The predicted molar refractivity (Wildman–Crippen MR) is 99.9 cm³/mol. The minimum absolute atomic E-state index is 0.0665. The van der Waals surface area contributed by atoms with Crippen LogP contribution in [0.25, 0.3) is 11.0 Å². The molecule has 3 N–H and O–H groups in total. The number of aromatic nitrogens is 3. The van der Waals surface area contributed by atoms with Crippen LogP contribution in [0.5, 0.6) is 5.75 Å². The highest BCUT2D eigenvalue weighted by molar-refractivity contribution is 5.81. The third-order valence-electron chi connectivity index (χ3n) is 4.65. The molecule has 1 saturated carbocycles. The minimum Gasteiger partial charge on any atom is -0.489 e. The minimum atomic E-state index is 0.0665. The van der Waals surface area contributed by atoms with E-state index in [1.54, 1.807) is 6.20 Å². The van der Waals surface area contributed by atoms with Crippen LogP contribution in [-0.2, 0) is 11.8 Å². The lowest BCUT2D eigenvalue weighted by Gasteiger charge is -2.18. The molecule has 0 bridgehead atoms. The number of nitrogens with zero attached hydrogens (tertiary/aromatic N) is 2. The first-order valence-electron chi connectivity index (χ1n) is 8.78. The molecule has 130 valence electrons. The van der Waals surface area contributed by atoms with Gasteiger partial charge < -0.3 is 15.5 Å². The van der Waals surface area contributed by atoms with Crippen LogP contribution in [0, 0.1) is 0 Å². The number of anilines is 1. The van der Waals surface area contributed by atoms with E-state index in [4.69, 9.17) is 10.5 Å². The molecule has 0 aromatic carbocycles. The second-order valence-electron chi connectivity index (χ2n) is 7.89. The maximum Gasteiger partial charge on any atom is 0.141 e. The van der Waals surface area contributed by atoms with E-state index < -0.39 is 0 Å². The molecule has 0 spiro atoms. The fourth-order valence-corrected chi connectivity index (χ4v) is 2.93. The third kappa shape index (κ3) is 3.31. The predicted octanol–water partition coefficient (Wildman–Crippen LogP) is 3.97. The zero-order chi connectivity index (χ0) is 17.6. The number of nitrogens with one attached hydrogen (secondary N) is 1. The average Bonchev–Trinajstić information content (AvgIpc) is 3.29. The van der Waals surface area contributed by atoms with Gasteiger partial charge in [0.15, 0.2) is 0 Å². The molecule has 1 fully saturated rings. The standard InChI is InChI=1S/C20H24N4O/c1-20(2,3)14-8-16-13(9-23-19(16)24-10-14)6-12-7-18(21)22-11-17(12)25-15-4-5-15/h7-11,15H,4-6H2,1-3H3,(H2,21,22)(H,23,24). The summed E-state index contributed by atoms with van der Waals surface area (Å²) in [6.45, 7) is 6.61. The van der Waals surface area contributed by atoms with Crippen molar-refractivity contribution in [2.75, 3.05) is 5.73 Å². The molecule has 1 aliphatic carbocycles. The Balaban J connectivity index is 1.72. The Morgan fingerprint density at radius 3 is 2.68 bits per heavy atom. The van der Waals surface area contributed by atoms with E-state index in [2.05, 4.69) is 41.8 Å². The van der Waals surface area contributed by atoms with Crippen LogP contribution in [0.1, 0.15) is 50.3 Å². The maximum atomic E-state index is 6.01. The van der Waals surface area contributed by atoms with Gasteiger partial charge in [-0.05, 0) is 41.5 Å². The number of fused-ring (bicyclic) bond motifs is 1. The number of nitrogen functional groups attached to an aromatic ring is 1. The van der Waals surface area contributed by atoms with E-state index in [9.17, 15) is 0 Å². The van der Waals surface area contributed by atoms with Gasteiger partial charge in [0.1, 0.15) is 17.2 Å². The first-order chi connectivity index (χ1) is 11.9. The van der Waals surface area contributed by atoms with Gasteiger partial charge in [0.2, 0.25) is 0 Å². The van der Waals surface area contributed by atoms with E-state index in [1.807, 2.05) is 18.5 Å². The van der Waals surface area contributed by atoms with E-state index in [0.29, 0.717) is 11.9 Å². The molecule has 1 aliphatic rings. The van der Waals surface area contributed by atoms with Gasteiger partial charge in [-0.2, -0.15) is 0 Å². The van der Waals surface area contributed by atoms with Crippen molar-refractivity contribution in [1.29, 1.82) is 0 Å². The van der Waals surface area contributed by atoms with Crippen LogP contribution in [0.4, 0.5) is 5.82 Å². The lowest BCUT2D eigenvalue weighted by atomic mass is 9.87. The third-order valence-corrected chi connectivity index (χ3v) is 4.65. The Bertz CT molecular complexity index is 919. The van der Waals surface area contributed by atoms with Crippen LogP contribution >= 0.6 is 0 Å². The molecular weight excluding hydrogens is 312 g/mol. The number of nitrogens with two attached hydrogens (primary N) is 1. The van der Waals surface area contributed by atoms with Crippen molar-refractivity contribution >= 4 is 16.9 Å². The van der Waals surface area contributed by atoms with E-state index in [0.717, 1.165) is 41.6 Å². The van der Waals surface area contributed by atoms with Gasteiger partial charge in [-0.1, -0.05) is 20.8 Å². The molecule has 0 amide bonds. The van der Waals surface area contributed by atoms with Crippen LogP contribution in [0.15, 0.2) is 30.7 Å². The number of aromatic amines is 1. The Labute approximate surface area is 147 Å². The summed E-state index contributed by atoms with van der Waals surface area (Å²) in [5, 5.41) is 1.15. The molecule has 0 unspecified atom stereocenters. The second-order valence-corrected chi connectivity index (χ2v) is 7.89. The maximum absolute atomic E-state index is 6.01. The normalized spacial score (nSPS) is 14.8. The molecule has 4 rings (SSSR count). The smallest absolute Gasteiger partial charge is 0.141 e. The molecule has 5 heteroatoms. The first kappa shape index (κ1) is 15.9. The van der Waals surface area contributed by atoms with Crippen molar-refractivity contribution in [2.24, 2.45) is 0 Å². The lowest BCUT2D eigenvalue weighted by molar-refractivity contribution is 0.299. The van der Waals surface area contributed by atoms with Gasteiger partial charge in [-0.15, -0.1) is 0 Å². The Morgan fingerprint density at radius 1 is 1.16 bits per heavy atom. The molecule has 0 atom stereocenters. The van der Waals surface area contributed by atoms with Gasteiger partial charge in [0.05, 0.1) is 12.3 Å². The quantitative estimate of drug-likeness (QED) is 0.756. The number of H-pyrrole nitrogens is 1. The molecule has 0 aliphatic heterocycles. The summed E-state index contributed by atoms with van der Waals surface area (Å²) in [5.74, 6) is 1.36. The van der Waals surface area contributed by atoms with Crippen molar-refractivity contribution in [3.05, 3.63) is 47.4 Å². The van der Waals surface area contributed by atoms with Crippen molar-refractivity contribution in [2.45, 2.75) is 51.6 Å². The summed E-state index contributed by atoms with van der Waals surface area (Å²) in [6.07, 6.45) is 9.05. The van der Waals surface area contributed by atoms with E-state index >= 15 is 0 Å². The topological polar surface area (TPSA) is 76.8 Å². The fraction of sp³-hybridized carbons (Fsp3) is 0.400. The van der Waals surface area contributed by atoms with Crippen molar-refractivity contribution in [3.8, 4) is 5.75 Å². The van der Waals surface area contributed by atoms with Crippen molar-refractivity contribution < 1.29 is 4.74 Å². The summed E-state index contributed by atoms with van der Waals surface area (Å²) in [5.41, 5.74) is 10.4.